The summed E-state index contributed by atoms with van der Waals surface area (Å²) < 4.78 is 1.17. The Morgan fingerprint density at radius 1 is 1.26 bits per heavy atom. The largest absolute Gasteiger partial charge is 0.396 e. The van der Waals surface area contributed by atoms with Crippen LogP contribution in [0.25, 0.3) is 0 Å². The molecular weight excluding hydrogens is 322 g/mol. The third kappa shape index (κ3) is 4.73. The van der Waals surface area contributed by atoms with Crippen molar-refractivity contribution in [3.63, 3.8) is 0 Å². The quantitative estimate of drug-likeness (QED) is 0.804. The minimum Gasteiger partial charge on any atom is -0.396 e. The zero-order chi connectivity index (χ0) is 13.5. The Labute approximate surface area is 126 Å². The van der Waals surface area contributed by atoms with Crippen molar-refractivity contribution < 1.29 is 5.11 Å². The fourth-order valence-electron chi connectivity index (χ4n) is 2.10. The van der Waals surface area contributed by atoms with E-state index in [1.54, 1.807) is 11.3 Å². The maximum Gasteiger partial charge on any atom is 0.0701 e. The molecule has 0 saturated carbocycles. The lowest BCUT2D eigenvalue weighted by Gasteiger charge is -2.17. The Bertz CT molecular complexity index is 486. The highest BCUT2D eigenvalue weighted by Gasteiger charge is 2.10. The maximum atomic E-state index is 9.19. The lowest BCUT2D eigenvalue weighted by Crippen LogP contribution is -2.21. The number of hydrogen-bond donors (Lipinski definition) is 2. The van der Waals surface area contributed by atoms with Crippen molar-refractivity contribution in [2.45, 2.75) is 18.9 Å². The molecule has 0 saturated heterocycles. The lowest BCUT2D eigenvalue weighted by atomic mass is 9.96. The molecule has 1 aromatic heterocycles. The van der Waals surface area contributed by atoms with Crippen molar-refractivity contribution in [1.29, 1.82) is 0 Å². The number of nitrogens with one attached hydrogen (secondary N) is 1. The number of rotatable bonds is 7. The minimum absolute atomic E-state index is 0.227. The molecule has 0 spiro atoms. The van der Waals surface area contributed by atoms with Gasteiger partial charge in [-0.2, -0.15) is 0 Å². The molecule has 0 bridgehead atoms. The van der Waals surface area contributed by atoms with E-state index in [1.165, 1.54) is 14.9 Å². The first kappa shape index (κ1) is 14.7. The monoisotopic (exact) mass is 339 g/mol. The molecule has 0 radical (unpaired) electrons. The number of hydrogen-bond acceptors (Lipinski definition) is 3. The van der Waals surface area contributed by atoms with E-state index in [-0.39, 0.29) is 6.61 Å². The van der Waals surface area contributed by atoms with Crippen LogP contribution in [-0.2, 0) is 6.54 Å². The predicted molar refractivity (Wildman–Crippen MR) is 84.6 cm³/mol. The summed E-state index contributed by atoms with van der Waals surface area (Å²) in [6, 6.07) is 12.5. The van der Waals surface area contributed by atoms with Gasteiger partial charge in [-0.05, 0) is 50.8 Å². The summed E-state index contributed by atoms with van der Waals surface area (Å²) in [5.41, 5.74) is 2.59. The van der Waals surface area contributed by atoms with Crippen LogP contribution in [0.4, 0.5) is 0 Å². The molecule has 0 aliphatic carbocycles. The van der Waals surface area contributed by atoms with Gasteiger partial charge in [-0.15, -0.1) is 11.3 Å². The van der Waals surface area contributed by atoms with E-state index in [4.69, 9.17) is 0 Å². The van der Waals surface area contributed by atoms with Gasteiger partial charge in [0.25, 0.3) is 0 Å². The highest BCUT2D eigenvalue weighted by molar-refractivity contribution is 9.11. The highest BCUT2D eigenvalue weighted by atomic mass is 79.9. The molecule has 0 aliphatic heterocycles. The molecule has 2 rings (SSSR count). The Hall–Kier alpha value is -0.680. The molecule has 1 aromatic carbocycles. The van der Waals surface area contributed by atoms with Crippen LogP contribution in [0.15, 0.2) is 45.6 Å². The minimum atomic E-state index is 0.227. The summed E-state index contributed by atoms with van der Waals surface area (Å²) >= 11 is 5.18. The summed E-state index contributed by atoms with van der Waals surface area (Å²) in [6.07, 6.45) is 0.796. The van der Waals surface area contributed by atoms with Crippen LogP contribution in [0.1, 0.15) is 23.5 Å². The topological polar surface area (TPSA) is 32.3 Å². The molecular formula is C15H18BrNOS. The van der Waals surface area contributed by atoms with Crippen LogP contribution in [0, 0.1) is 0 Å². The normalized spacial score (nSPS) is 12.5. The molecule has 2 aromatic rings. The van der Waals surface area contributed by atoms with E-state index < -0.39 is 0 Å². The van der Waals surface area contributed by atoms with Crippen LogP contribution >= 0.6 is 27.3 Å². The van der Waals surface area contributed by atoms with Gasteiger partial charge in [0.2, 0.25) is 0 Å². The van der Waals surface area contributed by atoms with E-state index in [9.17, 15) is 5.11 Å². The molecule has 102 valence electrons. The van der Waals surface area contributed by atoms with Crippen molar-refractivity contribution in [2.24, 2.45) is 0 Å². The Morgan fingerprint density at radius 2 is 2.05 bits per heavy atom. The third-order valence-electron chi connectivity index (χ3n) is 3.09. The second kappa shape index (κ2) is 7.80. The molecule has 1 atom stereocenters. The van der Waals surface area contributed by atoms with E-state index in [1.807, 2.05) is 6.07 Å². The van der Waals surface area contributed by atoms with Crippen LogP contribution in [-0.4, -0.2) is 18.3 Å². The summed E-state index contributed by atoms with van der Waals surface area (Å²) in [4.78, 5) is 0. The van der Waals surface area contributed by atoms with E-state index in [0.29, 0.717) is 5.92 Å². The summed E-state index contributed by atoms with van der Waals surface area (Å²) in [6.45, 7) is 1.99. The first-order valence-electron chi connectivity index (χ1n) is 6.39. The van der Waals surface area contributed by atoms with Crippen molar-refractivity contribution >= 4 is 27.3 Å². The van der Waals surface area contributed by atoms with Gasteiger partial charge >= 0.3 is 0 Å². The molecule has 19 heavy (non-hydrogen) atoms. The van der Waals surface area contributed by atoms with Gasteiger partial charge in [0.1, 0.15) is 0 Å². The number of aliphatic hydroxyl groups excluding tert-OH is 1. The van der Waals surface area contributed by atoms with Crippen LogP contribution in [0.3, 0.4) is 0 Å². The Morgan fingerprint density at radius 3 is 2.68 bits per heavy atom. The second-order valence-electron chi connectivity index (χ2n) is 4.51. The molecule has 2 nitrogen and oxygen atoms in total. The standard InChI is InChI=1S/C15H18BrNOS/c16-15-8-12(11-19-15)9-17-10-14(6-7-18)13-4-2-1-3-5-13/h1-5,8,11,14,17-18H,6-7,9-10H2. The number of halogens is 1. The molecule has 2 N–H and O–H groups in total. The van der Waals surface area contributed by atoms with Crippen molar-refractivity contribution in [2.75, 3.05) is 13.2 Å². The molecule has 0 fully saturated rings. The van der Waals surface area contributed by atoms with E-state index >= 15 is 0 Å². The fraction of sp³-hybridized carbons (Fsp3) is 0.333. The van der Waals surface area contributed by atoms with E-state index in [0.717, 1.165) is 19.5 Å². The lowest BCUT2D eigenvalue weighted by molar-refractivity contribution is 0.273. The first-order chi connectivity index (χ1) is 9.29. The highest BCUT2D eigenvalue weighted by Crippen LogP contribution is 2.21. The fourth-order valence-corrected chi connectivity index (χ4v) is 3.31. The van der Waals surface area contributed by atoms with Gasteiger partial charge < -0.3 is 10.4 Å². The molecule has 1 heterocycles. The first-order valence-corrected chi connectivity index (χ1v) is 8.06. The summed E-state index contributed by atoms with van der Waals surface area (Å²) in [5.74, 6) is 0.369. The molecule has 0 aliphatic rings. The van der Waals surface area contributed by atoms with Crippen molar-refractivity contribution in [3.05, 3.63) is 56.7 Å². The summed E-state index contributed by atoms with van der Waals surface area (Å²) in [7, 11) is 0. The van der Waals surface area contributed by atoms with Crippen LogP contribution in [0.2, 0.25) is 0 Å². The smallest absolute Gasteiger partial charge is 0.0701 e. The average molecular weight is 340 g/mol. The second-order valence-corrected chi connectivity index (χ2v) is 6.80. The summed E-state index contributed by atoms with van der Waals surface area (Å²) in [5, 5.41) is 14.8. The predicted octanol–water partition coefficient (Wildman–Crippen LogP) is 3.77. The molecule has 1 unspecified atom stereocenters. The van der Waals surface area contributed by atoms with E-state index in [2.05, 4.69) is 57.0 Å². The van der Waals surface area contributed by atoms with Gasteiger partial charge in [-0.25, -0.2) is 0 Å². The SMILES string of the molecule is OCCC(CNCc1csc(Br)c1)c1ccccc1. The van der Waals surface area contributed by atoms with Crippen LogP contribution < -0.4 is 5.32 Å². The average Bonchev–Trinajstić information content (AvgIpc) is 2.84. The third-order valence-corrected chi connectivity index (χ3v) is 4.64. The molecule has 4 heteroatoms. The maximum absolute atomic E-state index is 9.19. The number of thiophene rings is 1. The van der Waals surface area contributed by atoms with Crippen LogP contribution in [0.5, 0.6) is 0 Å². The van der Waals surface area contributed by atoms with Gasteiger partial charge in [0.05, 0.1) is 3.79 Å². The zero-order valence-electron chi connectivity index (χ0n) is 10.7. The number of benzene rings is 1. The zero-order valence-corrected chi connectivity index (χ0v) is 13.1. The number of aliphatic hydroxyl groups is 1. The Kier molecular flexibility index (Phi) is 6.04. The van der Waals surface area contributed by atoms with Gasteiger partial charge in [-0.1, -0.05) is 30.3 Å². The van der Waals surface area contributed by atoms with Crippen molar-refractivity contribution in [3.8, 4) is 0 Å². The van der Waals surface area contributed by atoms with Gasteiger partial charge in [-0.3, -0.25) is 0 Å². The molecule has 0 amide bonds. The van der Waals surface area contributed by atoms with Gasteiger partial charge in [0.15, 0.2) is 0 Å². The van der Waals surface area contributed by atoms with Crippen molar-refractivity contribution in [1.82, 2.24) is 5.32 Å². The Balaban J connectivity index is 1.87. The van der Waals surface area contributed by atoms with Gasteiger partial charge in [0, 0.05) is 19.7 Å².